The van der Waals surface area contributed by atoms with Gasteiger partial charge in [-0.1, -0.05) is 42.5 Å². The standard InChI is InChI=1S/C21H18N4O6S/c1-31-21(27)16-9-5-6-10-17(16)22-24-20(14-7-3-2-4-8-14)25-23-18-13-15(32(28,29)30)11-12-19(18)26/h2-13,23,26H,1H3,(H,28,29,30)/b24-22?,25-20-. The van der Waals surface area contributed by atoms with E-state index >= 15 is 0 Å². The average molecular weight is 454 g/mol. The predicted octanol–water partition coefficient (Wildman–Crippen LogP) is 3.98. The number of anilines is 1. The second-order valence-electron chi connectivity index (χ2n) is 6.28. The molecule has 3 aromatic carbocycles. The number of amidine groups is 1. The monoisotopic (exact) mass is 454 g/mol. The number of rotatable bonds is 6. The molecule has 0 aliphatic heterocycles. The summed E-state index contributed by atoms with van der Waals surface area (Å²) >= 11 is 0. The smallest absolute Gasteiger partial charge is 0.340 e. The first kappa shape index (κ1) is 22.6. The van der Waals surface area contributed by atoms with Gasteiger partial charge in [-0.05, 0) is 30.3 Å². The van der Waals surface area contributed by atoms with E-state index in [1.165, 1.54) is 13.2 Å². The fourth-order valence-corrected chi connectivity index (χ4v) is 3.06. The molecule has 3 aromatic rings. The van der Waals surface area contributed by atoms with Gasteiger partial charge in [0.15, 0.2) is 0 Å². The molecule has 0 heterocycles. The summed E-state index contributed by atoms with van der Waals surface area (Å²) in [5, 5.41) is 22.3. The van der Waals surface area contributed by atoms with Crippen LogP contribution in [-0.4, -0.2) is 37.0 Å². The number of carbonyl (C=O) groups is 1. The molecule has 0 aliphatic carbocycles. The van der Waals surface area contributed by atoms with Gasteiger partial charge in [0.2, 0.25) is 5.84 Å². The lowest BCUT2D eigenvalue weighted by Crippen LogP contribution is -2.03. The molecule has 0 saturated carbocycles. The highest BCUT2D eigenvalue weighted by atomic mass is 32.2. The molecule has 0 saturated heterocycles. The molecule has 3 N–H and O–H groups in total. The van der Waals surface area contributed by atoms with Gasteiger partial charge in [-0.2, -0.15) is 13.5 Å². The molecule has 0 spiro atoms. The van der Waals surface area contributed by atoms with Crippen LogP contribution in [0.4, 0.5) is 11.4 Å². The van der Waals surface area contributed by atoms with E-state index < -0.39 is 21.0 Å². The van der Waals surface area contributed by atoms with Crippen molar-refractivity contribution >= 4 is 33.3 Å². The van der Waals surface area contributed by atoms with Crippen LogP contribution in [0.2, 0.25) is 0 Å². The van der Waals surface area contributed by atoms with Crippen molar-refractivity contribution in [3.8, 4) is 5.75 Å². The molecule has 0 radical (unpaired) electrons. The lowest BCUT2D eigenvalue weighted by atomic mass is 10.2. The van der Waals surface area contributed by atoms with Crippen LogP contribution in [-0.2, 0) is 14.9 Å². The number of ether oxygens (including phenoxy) is 1. The van der Waals surface area contributed by atoms with E-state index in [9.17, 15) is 22.9 Å². The highest BCUT2D eigenvalue weighted by molar-refractivity contribution is 7.85. The Morgan fingerprint density at radius 2 is 1.69 bits per heavy atom. The topological polar surface area (TPSA) is 150 Å². The SMILES string of the molecule is COC(=O)c1ccccc1N=N/C(=N\Nc1cc(S(=O)(=O)O)ccc1O)c1ccccc1. The highest BCUT2D eigenvalue weighted by Crippen LogP contribution is 2.27. The summed E-state index contributed by atoms with van der Waals surface area (Å²) in [6.45, 7) is 0. The number of benzene rings is 3. The summed E-state index contributed by atoms with van der Waals surface area (Å²) in [4.78, 5) is 11.5. The minimum atomic E-state index is -4.48. The van der Waals surface area contributed by atoms with Gasteiger partial charge in [0.1, 0.15) is 11.4 Å². The maximum atomic E-state index is 11.9. The Hall–Kier alpha value is -4.09. The van der Waals surface area contributed by atoms with Crippen LogP contribution >= 0.6 is 0 Å². The first-order valence-electron chi connectivity index (χ1n) is 9.08. The summed E-state index contributed by atoms with van der Waals surface area (Å²) in [6, 6.07) is 18.3. The molecule has 0 amide bonds. The number of nitrogens with one attached hydrogen (secondary N) is 1. The van der Waals surface area contributed by atoms with Crippen molar-refractivity contribution in [1.82, 2.24) is 0 Å². The first-order valence-corrected chi connectivity index (χ1v) is 10.5. The van der Waals surface area contributed by atoms with E-state index in [1.807, 2.05) is 0 Å². The molecule has 0 atom stereocenters. The molecule has 0 bridgehead atoms. The van der Waals surface area contributed by atoms with E-state index in [2.05, 4.69) is 20.8 Å². The minimum absolute atomic E-state index is 0.0712. The molecule has 3 rings (SSSR count). The summed E-state index contributed by atoms with van der Waals surface area (Å²) < 4.78 is 36.7. The van der Waals surface area contributed by atoms with Crippen molar-refractivity contribution in [2.75, 3.05) is 12.5 Å². The third-order valence-corrected chi connectivity index (χ3v) is 4.99. The van der Waals surface area contributed by atoms with Gasteiger partial charge in [0.05, 0.1) is 23.3 Å². The van der Waals surface area contributed by atoms with Gasteiger partial charge in [-0.15, -0.1) is 10.2 Å². The fraction of sp³-hybridized carbons (Fsp3) is 0.0476. The number of esters is 1. The van der Waals surface area contributed by atoms with Gasteiger partial charge in [-0.25, -0.2) is 4.79 Å². The van der Waals surface area contributed by atoms with Crippen molar-refractivity contribution in [3.63, 3.8) is 0 Å². The Morgan fingerprint density at radius 3 is 2.38 bits per heavy atom. The van der Waals surface area contributed by atoms with E-state index in [0.717, 1.165) is 18.2 Å². The summed E-state index contributed by atoms with van der Waals surface area (Å²) in [5.74, 6) is -0.814. The molecule has 164 valence electrons. The third-order valence-electron chi connectivity index (χ3n) is 4.14. The van der Waals surface area contributed by atoms with Gasteiger partial charge in [0.25, 0.3) is 10.1 Å². The Balaban J connectivity index is 2.00. The number of phenolic OH excluding ortho intramolecular Hbond substituents is 1. The average Bonchev–Trinajstić information content (AvgIpc) is 2.79. The zero-order chi connectivity index (χ0) is 23.1. The van der Waals surface area contributed by atoms with Crippen molar-refractivity contribution < 1.29 is 27.6 Å². The molecular formula is C21H18N4O6S. The van der Waals surface area contributed by atoms with Crippen LogP contribution in [0.15, 0.2) is 93.0 Å². The molecule has 0 unspecified atom stereocenters. The van der Waals surface area contributed by atoms with Gasteiger partial charge in [-0.3, -0.25) is 9.98 Å². The van der Waals surface area contributed by atoms with Crippen LogP contribution in [0.1, 0.15) is 15.9 Å². The first-order chi connectivity index (χ1) is 15.3. The fourth-order valence-electron chi connectivity index (χ4n) is 2.55. The molecule has 10 nitrogen and oxygen atoms in total. The number of aromatic hydroxyl groups is 1. The van der Waals surface area contributed by atoms with Gasteiger partial charge in [0, 0.05) is 5.56 Å². The van der Waals surface area contributed by atoms with E-state index in [1.54, 1.807) is 48.5 Å². The van der Waals surface area contributed by atoms with Crippen molar-refractivity contribution in [2.45, 2.75) is 4.90 Å². The van der Waals surface area contributed by atoms with E-state index in [4.69, 9.17) is 4.74 Å². The number of hydrazone groups is 1. The van der Waals surface area contributed by atoms with Crippen LogP contribution < -0.4 is 5.43 Å². The number of hydrogen-bond donors (Lipinski definition) is 3. The van der Waals surface area contributed by atoms with E-state index in [-0.39, 0.29) is 28.5 Å². The number of methoxy groups -OCH3 is 1. The molecule has 0 aliphatic rings. The molecular weight excluding hydrogens is 436 g/mol. The van der Waals surface area contributed by atoms with Crippen LogP contribution in [0.3, 0.4) is 0 Å². The zero-order valence-corrected chi connectivity index (χ0v) is 17.5. The molecule has 32 heavy (non-hydrogen) atoms. The summed E-state index contributed by atoms with van der Waals surface area (Å²) in [6.07, 6.45) is 0. The largest absolute Gasteiger partial charge is 0.506 e. The van der Waals surface area contributed by atoms with Crippen LogP contribution in [0.5, 0.6) is 5.75 Å². The Morgan fingerprint density at radius 1 is 1.00 bits per heavy atom. The van der Waals surface area contributed by atoms with Crippen molar-refractivity contribution in [2.24, 2.45) is 15.3 Å². The molecule has 0 fully saturated rings. The maximum absolute atomic E-state index is 11.9. The summed E-state index contributed by atoms with van der Waals surface area (Å²) in [5.41, 5.74) is 3.44. The number of carbonyl (C=O) groups excluding carboxylic acids is 1. The molecule has 0 aromatic heterocycles. The number of phenols is 1. The quantitative estimate of drug-likeness (QED) is 0.0969. The normalized spacial score (nSPS) is 12.0. The second-order valence-corrected chi connectivity index (χ2v) is 7.70. The van der Waals surface area contributed by atoms with Gasteiger partial charge < -0.3 is 9.84 Å². The van der Waals surface area contributed by atoms with Crippen molar-refractivity contribution in [3.05, 3.63) is 83.9 Å². The van der Waals surface area contributed by atoms with E-state index in [0.29, 0.717) is 5.56 Å². The van der Waals surface area contributed by atoms with Gasteiger partial charge >= 0.3 is 5.97 Å². The Bertz CT molecular complexity index is 1290. The number of azo groups is 1. The zero-order valence-electron chi connectivity index (χ0n) is 16.7. The maximum Gasteiger partial charge on any atom is 0.340 e. The van der Waals surface area contributed by atoms with Crippen molar-refractivity contribution in [1.29, 1.82) is 0 Å². The Kier molecular flexibility index (Phi) is 6.93. The minimum Gasteiger partial charge on any atom is -0.506 e. The number of nitrogens with zero attached hydrogens (tertiary/aromatic N) is 3. The Labute approximate surface area is 183 Å². The van der Waals surface area contributed by atoms with Crippen LogP contribution in [0, 0.1) is 0 Å². The second kappa shape index (κ2) is 9.81. The predicted molar refractivity (Wildman–Crippen MR) is 117 cm³/mol. The third kappa shape index (κ3) is 5.53. The number of hydrogen-bond acceptors (Lipinski definition) is 8. The lowest BCUT2D eigenvalue weighted by Gasteiger charge is -2.07. The lowest BCUT2D eigenvalue weighted by molar-refractivity contribution is 0.0601. The summed E-state index contributed by atoms with van der Waals surface area (Å²) in [7, 11) is -3.23. The highest BCUT2D eigenvalue weighted by Gasteiger charge is 2.14. The van der Waals surface area contributed by atoms with Crippen LogP contribution in [0.25, 0.3) is 0 Å². The molecule has 11 heteroatoms.